The molecule has 0 bridgehead atoms. The van der Waals surface area contributed by atoms with E-state index in [4.69, 9.17) is 10.2 Å². The number of nitrogens with one attached hydrogen (secondary N) is 1. The summed E-state index contributed by atoms with van der Waals surface area (Å²) in [5.74, 6) is 0.715. The van der Waals surface area contributed by atoms with Crippen LogP contribution in [0.3, 0.4) is 0 Å². The van der Waals surface area contributed by atoms with E-state index in [1.165, 1.54) is 0 Å². The molecule has 3 N–H and O–H groups in total. The van der Waals surface area contributed by atoms with Crippen LogP contribution >= 0.6 is 0 Å². The molecule has 106 valence electrons. The predicted octanol–water partition coefficient (Wildman–Crippen LogP) is 1.31. The van der Waals surface area contributed by atoms with Gasteiger partial charge in [0.1, 0.15) is 0 Å². The summed E-state index contributed by atoms with van der Waals surface area (Å²) in [4.78, 5) is 11.9. The lowest BCUT2D eigenvalue weighted by Crippen LogP contribution is -2.44. The smallest absolute Gasteiger partial charge is 0.223 e. The minimum Gasteiger partial charge on any atom is -0.394 e. The lowest BCUT2D eigenvalue weighted by Gasteiger charge is -2.36. The maximum atomic E-state index is 11.9. The Hall–Kier alpha value is -0.610. The first-order valence-electron chi connectivity index (χ1n) is 6.90. The van der Waals surface area contributed by atoms with Gasteiger partial charge in [0.2, 0.25) is 5.91 Å². The Labute approximate surface area is 110 Å². The second kappa shape index (κ2) is 6.53. The van der Waals surface area contributed by atoms with Gasteiger partial charge in [-0.25, -0.2) is 0 Å². The minimum atomic E-state index is -0.516. The number of rotatable bonds is 4. The first-order chi connectivity index (χ1) is 8.38. The van der Waals surface area contributed by atoms with E-state index in [2.05, 4.69) is 26.1 Å². The van der Waals surface area contributed by atoms with Crippen molar-refractivity contribution in [1.29, 1.82) is 0 Å². The van der Waals surface area contributed by atoms with Crippen LogP contribution in [0.5, 0.6) is 0 Å². The molecule has 1 aliphatic carbocycles. The van der Waals surface area contributed by atoms with Gasteiger partial charge in [0.25, 0.3) is 0 Å². The zero-order valence-corrected chi connectivity index (χ0v) is 11.8. The summed E-state index contributed by atoms with van der Waals surface area (Å²) in [6.45, 7) is 6.35. The van der Waals surface area contributed by atoms with Crippen molar-refractivity contribution in [2.45, 2.75) is 52.5 Å². The summed E-state index contributed by atoms with van der Waals surface area (Å²) in [7, 11) is 0. The Bertz CT molecular complexity index is 261. The number of carbonyl (C=O) groups is 1. The highest BCUT2D eigenvalue weighted by molar-refractivity contribution is 5.79. The molecule has 1 rings (SSSR count). The molecular formula is C14H27NO3. The van der Waals surface area contributed by atoms with Crippen molar-refractivity contribution < 1.29 is 15.0 Å². The second-order valence-electron chi connectivity index (χ2n) is 6.49. The average molecular weight is 257 g/mol. The summed E-state index contributed by atoms with van der Waals surface area (Å²) in [5, 5.41) is 20.6. The van der Waals surface area contributed by atoms with Crippen molar-refractivity contribution in [3.8, 4) is 0 Å². The van der Waals surface area contributed by atoms with E-state index in [-0.39, 0.29) is 25.0 Å². The van der Waals surface area contributed by atoms with Crippen molar-refractivity contribution in [2.24, 2.45) is 17.3 Å². The van der Waals surface area contributed by atoms with Gasteiger partial charge in [0.05, 0.1) is 19.3 Å². The number of aliphatic hydroxyl groups excluding tert-OH is 2. The summed E-state index contributed by atoms with van der Waals surface area (Å²) in [6.07, 6.45) is 4.00. The Balaban J connectivity index is 2.41. The lowest BCUT2D eigenvalue weighted by molar-refractivity contribution is -0.128. The predicted molar refractivity (Wildman–Crippen MR) is 71.0 cm³/mol. The highest BCUT2D eigenvalue weighted by Crippen LogP contribution is 2.39. The van der Waals surface area contributed by atoms with E-state index in [9.17, 15) is 4.79 Å². The van der Waals surface area contributed by atoms with Crippen LogP contribution in [0.2, 0.25) is 0 Å². The van der Waals surface area contributed by atoms with Gasteiger partial charge >= 0.3 is 0 Å². The molecule has 0 aromatic carbocycles. The lowest BCUT2D eigenvalue weighted by atomic mass is 9.69. The zero-order chi connectivity index (χ0) is 13.8. The maximum Gasteiger partial charge on any atom is 0.223 e. The van der Waals surface area contributed by atoms with Crippen molar-refractivity contribution in [2.75, 3.05) is 13.2 Å². The molecule has 0 spiro atoms. The van der Waals surface area contributed by atoms with Crippen LogP contribution in [0.25, 0.3) is 0 Å². The Morgan fingerprint density at radius 1 is 1.17 bits per heavy atom. The van der Waals surface area contributed by atoms with Crippen LogP contribution in [-0.2, 0) is 4.79 Å². The SMILES string of the molecule is CC(C)(C)C1CCC(C(=O)NC(CO)CO)CC1. The second-order valence-corrected chi connectivity index (χ2v) is 6.49. The molecule has 0 aromatic heterocycles. The summed E-state index contributed by atoms with van der Waals surface area (Å²) < 4.78 is 0. The van der Waals surface area contributed by atoms with E-state index in [1.54, 1.807) is 0 Å². The van der Waals surface area contributed by atoms with Crippen LogP contribution in [0.4, 0.5) is 0 Å². The van der Waals surface area contributed by atoms with E-state index in [1.807, 2.05) is 0 Å². The van der Waals surface area contributed by atoms with Crippen molar-refractivity contribution in [3.63, 3.8) is 0 Å². The standard InChI is InChI=1S/C14H27NO3/c1-14(2,3)11-6-4-10(5-7-11)13(18)15-12(8-16)9-17/h10-12,16-17H,4-9H2,1-3H3,(H,15,18). The monoisotopic (exact) mass is 257 g/mol. The average Bonchev–Trinajstić information content (AvgIpc) is 2.34. The van der Waals surface area contributed by atoms with Gasteiger partial charge in [-0.2, -0.15) is 0 Å². The molecule has 0 aromatic rings. The Kier molecular flexibility index (Phi) is 5.60. The Morgan fingerprint density at radius 3 is 2.06 bits per heavy atom. The molecule has 0 unspecified atom stereocenters. The van der Waals surface area contributed by atoms with Gasteiger partial charge in [-0.15, -0.1) is 0 Å². The summed E-state index contributed by atoms with van der Waals surface area (Å²) in [6, 6.07) is -0.516. The van der Waals surface area contributed by atoms with Gasteiger partial charge in [-0.1, -0.05) is 20.8 Å². The van der Waals surface area contributed by atoms with E-state index in [0.29, 0.717) is 11.3 Å². The molecule has 18 heavy (non-hydrogen) atoms. The summed E-state index contributed by atoms with van der Waals surface area (Å²) in [5.41, 5.74) is 0.320. The molecule has 0 atom stereocenters. The molecule has 1 fully saturated rings. The van der Waals surface area contributed by atoms with Crippen molar-refractivity contribution >= 4 is 5.91 Å². The van der Waals surface area contributed by atoms with Crippen LogP contribution in [-0.4, -0.2) is 35.4 Å². The molecule has 0 radical (unpaired) electrons. The fourth-order valence-corrected chi connectivity index (χ4v) is 2.69. The fourth-order valence-electron chi connectivity index (χ4n) is 2.69. The highest BCUT2D eigenvalue weighted by atomic mass is 16.3. The fraction of sp³-hybridized carbons (Fsp3) is 0.929. The van der Waals surface area contributed by atoms with Gasteiger partial charge in [0.15, 0.2) is 0 Å². The first-order valence-corrected chi connectivity index (χ1v) is 6.90. The molecule has 4 heteroatoms. The number of amides is 1. The molecule has 1 aliphatic rings. The van der Waals surface area contributed by atoms with Gasteiger partial charge in [-0.3, -0.25) is 4.79 Å². The van der Waals surface area contributed by atoms with Crippen LogP contribution in [0, 0.1) is 17.3 Å². The summed E-state index contributed by atoms with van der Waals surface area (Å²) >= 11 is 0. The topological polar surface area (TPSA) is 69.6 Å². The molecule has 0 saturated heterocycles. The number of aliphatic hydroxyl groups is 2. The molecular weight excluding hydrogens is 230 g/mol. The Morgan fingerprint density at radius 2 is 1.67 bits per heavy atom. The third-order valence-electron chi connectivity index (χ3n) is 4.11. The quantitative estimate of drug-likeness (QED) is 0.711. The van der Waals surface area contributed by atoms with E-state index < -0.39 is 6.04 Å². The number of hydrogen-bond donors (Lipinski definition) is 3. The third kappa shape index (κ3) is 4.25. The molecule has 1 amide bonds. The first kappa shape index (κ1) is 15.4. The molecule has 0 aliphatic heterocycles. The van der Waals surface area contributed by atoms with Crippen molar-refractivity contribution in [1.82, 2.24) is 5.32 Å². The van der Waals surface area contributed by atoms with Gasteiger partial charge in [0, 0.05) is 5.92 Å². The normalized spacial score (nSPS) is 25.2. The highest BCUT2D eigenvalue weighted by Gasteiger charge is 2.32. The van der Waals surface area contributed by atoms with E-state index >= 15 is 0 Å². The molecule has 1 saturated carbocycles. The van der Waals surface area contributed by atoms with Crippen molar-refractivity contribution in [3.05, 3.63) is 0 Å². The van der Waals surface area contributed by atoms with Crippen LogP contribution < -0.4 is 5.32 Å². The number of hydrogen-bond acceptors (Lipinski definition) is 3. The van der Waals surface area contributed by atoms with Crippen LogP contribution in [0.1, 0.15) is 46.5 Å². The molecule has 4 nitrogen and oxygen atoms in total. The van der Waals surface area contributed by atoms with Gasteiger partial charge in [-0.05, 0) is 37.0 Å². The maximum absolute atomic E-state index is 11.9. The van der Waals surface area contributed by atoms with Gasteiger partial charge < -0.3 is 15.5 Å². The minimum absolute atomic E-state index is 0.0181. The van der Waals surface area contributed by atoms with Crippen LogP contribution in [0.15, 0.2) is 0 Å². The third-order valence-corrected chi connectivity index (χ3v) is 4.11. The largest absolute Gasteiger partial charge is 0.394 e. The number of carbonyl (C=O) groups excluding carboxylic acids is 1. The van der Waals surface area contributed by atoms with E-state index in [0.717, 1.165) is 25.7 Å². The zero-order valence-electron chi connectivity index (χ0n) is 11.8. The molecule has 0 heterocycles.